The molecule has 1 aliphatic rings. The lowest BCUT2D eigenvalue weighted by Gasteiger charge is -2.24. The number of ether oxygens (including phenoxy) is 1. The molecule has 1 aliphatic heterocycles. The van der Waals surface area contributed by atoms with Crippen LogP contribution in [0.4, 0.5) is 5.69 Å². The van der Waals surface area contributed by atoms with E-state index in [1.807, 2.05) is 0 Å². The standard InChI is InChI=1S/C21H24N2O5S/c1-16(24)28-20-7-4-3-6-19(20)21(25)23-13-5-12-22(14-15-23)17-8-10-18(11-9-17)29(2,26)27/h3-4,6-11H,5,12-15H2,1-2H3. The molecular weight excluding hydrogens is 392 g/mol. The van der Waals surface area contributed by atoms with Crippen molar-refractivity contribution in [3.63, 3.8) is 0 Å². The molecule has 0 N–H and O–H groups in total. The summed E-state index contributed by atoms with van der Waals surface area (Å²) in [4.78, 5) is 28.5. The molecule has 7 nitrogen and oxygen atoms in total. The molecule has 0 radical (unpaired) electrons. The number of carbonyl (C=O) groups excluding carboxylic acids is 2. The van der Waals surface area contributed by atoms with E-state index in [4.69, 9.17) is 4.74 Å². The number of sulfone groups is 1. The molecule has 3 rings (SSSR count). The fourth-order valence-corrected chi connectivity index (χ4v) is 3.97. The van der Waals surface area contributed by atoms with E-state index in [-0.39, 0.29) is 16.6 Å². The Balaban J connectivity index is 1.72. The van der Waals surface area contributed by atoms with Crippen molar-refractivity contribution in [2.75, 3.05) is 37.3 Å². The van der Waals surface area contributed by atoms with E-state index in [0.717, 1.165) is 18.7 Å². The van der Waals surface area contributed by atoms with Crippen molar-refractivity contribution in [1.29, 1.82) is 0 Å². The molecule has 1 amide bonds. The van der Waals surface area contributed by atoms with Gasteiger partial charge in [-0.05, 0) is 42.8 Å². The minimum absolute atomic E-state index is 0.170. The highest BCUT2D eigenvalue weighted by Crippen LogP contribution is 2.23. The van der Waals surface area contributed by atoms with Crippen molar-refractivity contribution in [3.8, 4) is 5.75 Å². The van der Waals surface area contributed by atoms with E-state index in [1.165, 1.54) is 13.2 Å². The summed E-state index contributed by atoms with van der Waals surface area (Å²) in [7, 11) is -3.23. The molecule has 0 atom stereocenters. The molecule has 0 unspecified atom stereocenters. The summed E-state index contributed by atoms with van der Waals surface area (Å²) in [6.45, 7) is 3.79. The van der Waals surface area contributed by atoms with Gasteiger partial charge in [-0.3, -0.25) is 9.59 Å². The molecular formula is C21H24N2O5S. The maximum atomic E-state index is 13.0. The van der Waals surface area contributed by atoms with E-state index in [0.29, 0.717) is 25.2 Å². The Hall–Kier alpha value is -2.87. The molecule has 1 saturated heterocycles. The van der Waals surface area contributed by atoms with E-state index in [1.54, 1.807) is 53.4 Å². The zero-order valence-electron chi connectivity index (χ0n) is 16.5. The van der Waals surface area contributed by atoms with Gasteiger partial charge in [0.2, 0.25) is 0 Å². The molecule has 2 aromatic carbocycles. The highest BCUT2D eigenvalue weighted by atomic mass is 32.2. The van der Waals surface area contributed by atoms with Crippen LogP contribution in [0, 0.1) is 0 Å². The fourth-order valence-electron chi connectivity index (χ4n) is 3.34. The Morgan fingerprint density at radius 1 is 0.931 bits per heavy atom. The monoisotopic (exact) mass is 416 g/mol. The van der Waals surface area contributed by atoms with Gasteiger partial charge >= 0.3 is 5.97 Å². The molecule has 0 spiro atoms. The summed E-state index contributed by atoms with van der Waals surface area (Å²) in [5, 5.41) is 0. The second kappa shape index (κ2) is 8.65. The summed E-state index contributed by atoms with van der Waals surface area (Å²) in [5.41, 5.74) is 1.29. The van der Waals surface area contributed by atoms with Crippen LogP contribution < -0.4 is 9.64 Å². The van der Waals surface area contributed by atoms with Crippen LogP contribution in [0.1, 0.15) is 23.7 Å². The highest BCUT2D eigenvalue weighted by molar-refractivity contribution is 7.90. The van der Waals surface area contributed by atoms with Crippen LogP contribution in [0.25, 0.3) is 0 Å². The molecule has 0 aliphatic carbocycles. The van der Waals surface area contributed by atoms with E-state index >= 15 is 0 Å². The molecule has 2 aromatic rings. The van der Waals surface area contributed by atoms with E-state index in [2.05, 4.69) is 4.90 Å². The molecule has 0 bridgehead atoms. The van der Waals surface area contributed by atoms with E-state index < -0.39 is 15.8 Å². The summed E-state index contributed by atoms with van der Waals surface area (Å²) in [6, 6.07) is 13.5. The SMILES string of the molecule is CC(=O)Oc1ccccc1C(=O)N1CCCN(c2ccc(S(C)(=O)=O)cc2)CC1. The molecule has 1 fully saturated rings. The Kier molecular flexibility index (Phi) is 6.22. The minimum Gasteiger partial charge on any atom is -0.426 e. The van der Waals surface area contributed by atoms with Gasteiger partial charge in [0, 0.05) is 45.0 Å². The van der Waals surface area contributed by atoms with Crippen molar-refractivity contribution < 1.29 is 22.7 Å². The molecule has 1 heterocycles. The number of nitrogens with zero attached hydrogens (tertiary/aromatic N) is 2. The maximum absolute atomic E-state index is 13.0. The Morgan fingerprint density at radius 3 is 2.28 bits per heavy atom. The summed E-state index contributed by atoms with van der Waals surface area (Å²) >= 11 is 0. The van der Waals surface area contributed by atoms with Gasteiger partial charge in [-0.1, -0.05) is 12.1 Å². The van der Waals surface area contributed by atoms with Crippen LogP contribution in [0.15, 0.2) is 53.4 Å². The van der Waals surface area contributed by atoms with Crippen LogP contribution in [-0.4, -0.2) is 57.6 Å². The summed E-state index contributed by atoms with van der Waals surface area (Å²) < 4.78 is 28.4. The summed E-state index contributed by atoms with van der Waals surface area (Å²) in [5.74, 6) is -0.372. The number of esters is 1. The average Bonchev–Trinajstić information content (AvgIpc) is 2.93. The third-order valence-electron chi connectivity index (χ3n) is 4.78. The van der Waals surface area contributed by atoms with Crippen molar-refractivity contribution in [2.24, 2.45) is 0 Å². The number of hydrogen-bond donors (Lipinski definition) is 0. The number of rotatable bonds is 4. The lowest BCUT2D eigenvalue weighted by molar-refractivity contribution is -0.131. The van der Waals surface area contributed by atoms with E-state index in [9.17, 15) is 18.0 Å². The lowest BCUT2D eigenvalue weighted by atomic mass is 10.1. The third kappa shape index (κ3) is 5.14. The predicted molar refractivity (Wildman–Crippen MR) is 110 cm³/mol. The number of amides is 1. The zero-order valence-corrected chi connectivity index (χ0v) is 17.3. The second-order valence-corrected chi connectivity index (χ2v) is 9.00. The van der Waals surface area contributed by atoms with Gasteiger partial charge in [-0.25, -0.2) is 8.42 Å². The van der Waals surface area contributed by atoms with Gasteiger partial charge in [0.1, 0.15) is 5.75 Å². The van der Waals surface area contributed by atoms with Crippen molar-refractivity contribution in [3.05, 3.63) is 54.1 Å². The first-order valence-electron chi connectivity index (χ1n) is 9.37. The van der Waals surface area contributed by atoms with Gasteiger partial charge in [-0.2, -0.15) is 0 Å². The van der Waals surface area contributed by atoms with Crippen molar-refractivity contribution >= 4 is 27.4 Å². The average molecular weight is 416 g/mol. The van der Waals surface area contributed by atoms with Crippen LogP contribution in [0.5, 0.6) is 5.75 Å². The largest absolute Gasteiger partial charge is 0.426 e. The first-order chi connectivity index (χ1) is 13.8. The van der Waals surface area contributed by atoms with Crippen molar-refractivity contribution in [2.45, 2.75) is 18.2 Å². The zero-order chi connectivity index (χ0) is 21.0. The van der Waals surface area contributed by atoms with Gasteiger partial charge in [-0.15, -0.1) is 0 Å². The Bertz CT molecular complexity index is 1000. The first kappa shape index (κ1) is 20.9. The topological polar surface area (TPSA) is 84.0 Å². The van der Waals surface area contributed by atoms with Crippen LogP contribution in [0.2, 0.25) is 0 Å². The molecule has 8 heteroatoms. The van der Waals surface area contributed by atoms with Crippen LogP contribution in [0.3, 0.4) is 0 Å². The molecule has 154 valence electrons. The molecule has 29 heavy (non-hydrogen) atoms. The number of carbonyl (C=O) groups is 2. The second-order valence-electron chi connectivity index (χ2n) is 6.99. The summed E-state index contributed by atoms with van der Waals surface area (Å²) in [6.07, 6.45) is 1.96. The Labute approximate surface area is 170 Å². The van der Waals surface area contributed by atoms with Crippen LogP contribution in [-0.2, 0) is 14.6 Å². The number of benzene rings is 2. The smallest absolute Gasteiger partial charge is 0.308 e. The third-order valence-corrected chi connectivity index (χ3v) is 5.91. The lowest BCUT2D eigenvalue weighted by Crippen LogP contribution is -2.35. The predicted octanol–water partition coefficient (Wildman–Crippen LogP) is 2.37. The van der Waals surface area contributed by atoms with Gasteiger partial charge in [0.15, 0.2) is 9.84 Å². The number of para-hydroxylation sites is 1. The first-order valence-corrected chi connectivity index (χ1v) is 11.3. The maximum Gasteiger partial charge on any atom is 0.308 e. The highest BCUT2D eigenvalue weighted by Gasteiger charge is 2.23. The number of hydrogen-bond acceptors (Lipinski definition) is 6. The molecule has 0 saturated carbocycles. The van der Waals surface area contributed by atoms with Crippen LogP contribution >= 0.6 is 0 Å². The number of anilines is 1. The minimum atomic E-state index is -3.23. The normalized spacial score (nSPS) is 15.0. The fraction of sp³-hybridized carbons (Fsp3) is 0.333. The van der Waals surface area contributed by atoms with Gasteiger partial charge < -0.3 is 14.5 Å². The quantitative estimate of drug-likeness (QED) is 0.562. The van der Waals surface area contributed by atoms with Gasteiger partial charge in [0.25, 0.3) is 5.91 Å². The molecule has 0 aromatic heterocycles. The Morgan fingerprint density at radius 2 is 1.62 bits per heavy atom. The van der Waals surface area contributed by atoms with Gasteiger partial charge in [0.05, 0.1) is 10.5 Å². The van der Waals surface area contributed by atoms with Crippen molar-refractivity contribution in [1.82, 2.24) is 4.90 Å².